The molecule has 0 radical (unpaired) electrons. The minimum absolute atomic E-state index is 0.114. The highest BCUT2D eigenvalue weighted by Gasteiger charge is 2.29. The summed E-state index contributed by atoms with van der Waals surface area (Å²) >= 11 is 32.9. The molecule has 0 atom stereocenters. The topological polar surface area (TPSA) is 0 Å². The van der Waals surface area contributed by atoms with Crippen molar-refractivity contribution in [2.45, 2.75) is 18.1 Å². The van der Waals surface area contributed by atoms with Gasteiger partial charge in [-0.25, -0.2) is 0 Å². The predicted molar refractivity (Wildman–Crippen MR) is 129 cm³/mol. The number of rotatable bonds is 5. The van der Waals surface area contributed by atoms with Crippen LogP contribution in [0.5, 0.6) is 0 Å². The Bertz CT molecular complexity index is 615. The molecule has 0 nitrogen and oxygen atoms in total. The summed E-state index contributed by atoms with van der Waals surface area (Å²) in [4.78, 5) is 2.52. The molecule has 0 unspecified atom stereocenters. The van der Waals surface area contributed by atoms with E-state index in [1.807, 2.05) is 0 Å². The SMILES string of the molecule is BrCc1c(Br)sc(C(Br)Br)c1-c1c(C(Br)Br)sc(Br)c1CBr. The molecule has 2 rings (SSSR count). The van der Waals surface area contributed by atoms with E-state index in [-0.39, 0.29) is 7.47 Å². The van der Waals surface area contributed by atoms with Crippen LogP contribution in [-0.2, 0) is 10.7 Å². The van der Waals surface area contributed by atoms with E-state index in [0.717, 1.165) is 18.2 Å². The maximum atomic E-state index is 3.71. The minimum Gasteiger partial charge on any atom is -0.130 e. The molecule has 0 aromatic carbocycles. The average Bonchev–Trinajstić information content (AvgIpc) is 2.95. The Hall–Kier alpha value is 3.24. The predicted octanol–water partition coefficient (Wildman–Crippen LogP) is 10.4. The van der Waals surface area contributed by atoms with Crippen molar-refractivity contribution in [2.24, 2.45) is 0 Å². The Labute approximate surface area is 204 Å². The van der Waals surface area contributed by atoms with Crippen LogP contribution in [0.1, 0.15) is 28.4 Å². The Morgan fingerprint density at radius 2 is 1.00 bits per heavy atom. The Morgan fingerprint density at radius 3 is 1.23 bits per heavy atom. The van der Waals surface area contributed by atoms with Crippen LogP contribution in [0.15, 0.2) is 7.57 Å². The molecule has 122 valence electrons. The monoisotopic (exact) mass is 845 g/mol. The molecule has 0 fully saturated rings. The van der Waals surface area contributed by atoms with Crippen molar-refractivity contribution in [1.29, 1.82) is 0 Å². The second-order valence-corrected chi connectivity index (χ2v) is 16.0. The molecular weight excluding hydrogens is 847 g/mol. The Kier molecular flexibility index (Phi) is 9.24. The number of alkyl halides is 6. The maximum Gasteiger partial charge on any atom is 0.104 e. The van der Waals surface area contributed by atoms with Crippen LogP contribution in [-0.4, -0.2) is 0 Å². The first kappa shape index (κ1) is 21.5. The van der Waals surface area contributed by atoms with Gasteiger partial charge in [-0.1, -0.05) is 95.6 Å². The van der Waals surface area contributed by atoms with E-state index in [9.17, 15) is 0 Å². The summed E-state index contributed by atoms with van der Waals surface area (Å²) in [6.45, 7) is 0. The van der Waals surface area contributed by atoms with E-state index in [0.29, 0.717) is 0 Å². The summed E-state index contributed by atoms with van der Waals surface area (Å²) in [7, 11) is 0. The van der Waals surface area contributed by atoms with Crippen LogP contribution in [0, 0.1) is 0 Å². The highest BCUT2D eigenvalue weighted by molar-refractivity contribution is 9.24. The fourth-order valence-electron chi connectivity index (χ4n) is 2.01. The number of hydrogen-bond donors (Lipinski definition) is 0. The summed E-state index contributed by atoms with van der Waals surface area (Å²) in [5, 5.41) is 1.60. The molecule has 0 spiro atoms. The van der Waals surface area contributed by atoms with Crippen molar-refractivity contribution in [3.8, 4) is 11.1 Å². The number of hydrogen-bond acceptors (Lipinski definition) is 2. The van der Waals surface area contributed by atoms with Gasteiger partial charge in [-0.3, -0.25) is 0 Å². The quantitative estimate of drug-likeness (QED) is 0.263. The molecule has 2 aromatic heterocycles. The van der Waals surface area contributed by atoms with Crippen LogP contribution < -0.4 is 0 Å². The van der Waals surface area contributed by atoms with Crippen LogP contribution in [0.3, 0.4) is 0 Å². The third kappa shape index (κ3) is 4.38. The molecule has 0 N–H and O–H groups in total. The summed E-state index contributed by atoms with van der Waals surface area (Å²) in [5.41, 5.74) is 5.11. The lowest BCUT2D eigenvalue weighted by atomic mass is 10.0. The molecule has 0 bridgehead atoms. The van der Waals surface area contributed by atoms with Crippen LogP contribution in [0.25, 0.3) is 11.1 Å². The molecule has 0 saturated heterocycles. The van der Waals surface area contributed by atoms with Gasteiger partial charge in [0.15, 0.2) is 0 Å². The fourth-order valence-corrected chi connectivity index (χ4v) is 9.83. The first-order valence-electron chi connectivity index (χ1n) is 5.64. The summed E-state index contributed by atoms with van der Waals surface area (Å²) in [5.74, 6) is 0. The zero-order valence-electron chi connectivity index (χ0n) is 10.4. The maximum absolute atomic E-state index is 3.71. The van der Waals surface area contributed by atoms with E-state index in [1.54, 1.807) is 22.7 Å². The number of halogens is 8. The van der Waals surface area contributed by atoms with E-state index in [4.69, 9.17) is 0 Å². The molecule has 2 aromatic rings. The summed E-state index contributed by atoms with van der Waals surface area (Å²) in [6, 6.07) is 0. The van der Waals surface area contributed by atoms with Gasteiger partial charge in [-0.05, 0) is 43.0 Å². The van der Waals surface area contributed by atoms with Gasteiger partial charge >= 0.3 is 0 Å². The van der Waals surface area contributed by atoms with Crippen molar-refractivity contribution in [2.75, 3.05) is 0 Å². The van der Waals surface area contributed by atoms with E-state index >= 15 is 0 Å². The first-order valence-corrected chi connectivity index (χ1v) is 14.8. The zero-order chi connectivity index (χ0) is 16.6. The van der Waals surface area contributed by atoms with Gasteiger partial charge < -0.3 is 0 Å². The van der Waals surface area contributed by atoms with Crippen molar-refractivity contribution in [3.05, 3.63) is 28.5 Å². The largest absolute Gasteiger partial charge is 0.130 e. The van der Waals surface area contributed by atoms with Crippen molar-refractivity contribution in [1.82, 2.24) is 0 Å². The van der Waals surface area contributed by atoms with Gasteiger partial charge in [-0.15, -0.1) is 22.7 Å². The molecule has 0 amide bonds. The first-order chi connectivity index (χ1) is 10.3. The van der Waals surface area contributed by atoms with Crippen molar-refractivity contribution < 1.29 is 0 Å². The molecule has 0 aliphatic carbocycles. The summed E-state index contributed by atoms with van der Waals surface area (Å²) in [6.07, 6.45) is 0. The van der Waals surface area contributed by atoms with Gasteiger partial charge in [0, 0.05) is 31.5 Å². The van der Waals surface area contributed by atoms with E-state index in [1.165, 1.54) is 32.0 Å². The van der Waals surface area contributed by atoms with E-state index < -0.39 is 0 Å². The van der Waals surface area contributed by atoms with Crippen LogP contribution in [0.4, 0.5) is 0 Å². The van der Waals surface area contributed by atoms with Gasteiger partial charge in [0.1, 0.15) is 7.47 Å². The molecule has 0 aliphatic rings. The molecule has 10 heteroatoms. The van der Waals surface area contributed by atoms with Crippen molar-refractivity contribution in [3.63, 3.8) is 0 Å². The second kappa shape index (κ2) is 9.44. The molecule has 0 aliphatic heterocycles. The lowest BCUT2D eigenvalue weighted by molar-refractivity contribution is 1.37. The third-order valence-electron chi connectivity index (χ3n) is 2.88. The average molecular weight is 854 g/mol. The normalized spacial score (nSPS) is 11.9. The highest BCUT2D eigenvalue weighted by Crippen LogP contribution is 2.55. The molecule has 0 saturated carbocycles. The van der Waals surface area contributed by atoms with E-state index in [2.05, 4.69) is 127 Å². The zero-order valence-corrected chi connectivity index (χ0v) is 24.7. The Morgan fingerprint density at radius 1 is 0.682 bits per heavy atom. The standard InChI is InChI=1S/C12H6Br8S2/c13-1-3-5(7(9(15)16)21-11(3)19)6-4(2-14)12(20)22-8(6)10(17)18/h9-10H,1-2H2. The summed E-state index contributed by atoms with van der Waals surface area (Å²) < 4.78 is 2.55. The molecular formula is C12H6Br8S2. The fraction of sp³-hybridized carbons (Fsp3) is 0.333. The molecule has 2 heterocycles. The van der Waals surface area contributed by atoms with Gasteiger partial charge in [0.25, 0.3) is 0 Å². The minimum atomic E-state index is 0.114. The number of thiophene rings is 2. The lowest BCUT2D eigenvalue weighted by Crippen LogP contribution is -1.92. The van der Waals surface area contributed by atoms with Crippen LogP contribution in [0.2, 0.25) is 0 Å². The van der Waals surface area contributed by atoms with Gasteiger partial charge in [0.05, 0.1) is 7.57 Å². The van der Waals surface area contributed by atoms with Crippen LogP contribution >= 0.6 is 150 Å². The molecule has 22 heavy (non-hydrogen) atoms. The van der Waals surface area contributed by atoms with Gasteiger partial charge in [-0.2, -0.15) is 0 Å². The Balaban J connectivity index is 2.86. The van der Waals surface area contributed by atoms with Crippen molar-refractivity contribution >= 4 is 150 Å². The smallest absolute Gasteiger partial charge is 0.104 e. The second-order valence-electron chi connectivity index (χ2n) is 4.06. The van der Waals surface area contributed by atoms with Gasteiger partial charge in [0.2, 0.25) is 0 Å². The lowest BCUT2D eigenvalue weighted by Gasteiger charge is -2.12. The highest BCUT2D eigenvalue weighted by atomic mass is 79.9. The third-order valence-corrected chi connectivity index (χ3v) is 11.1.